The summed E-state index contributed by atoms with van der Waals surface area (Å²) in [6.07, 6.45) is 3.12. The number of hydrogen-bond donors (Lipinski definition) is 1. The number of hydrogen-bond acceptors (Lipinski definition) is 5. The van der Waals surface area contributed by atoms with Gasteiger partial charge in [-0.05, 0) is 38.0 Å². The van der Waals surface area contributed by atoms with Crippen LogP contribution in [0.4, 0.5) is 0 Å². The molecule has 0 bridgehead atoms. The monoisotopic (exact) mass is 450 g/mol. The van der Waals surface area contributed by atoms with E-state index in [0.717, 1.165) is 16.7 Å². The standard InChI is InChI=1S/C25H27ClN4O2/c1-25(2,3)29-23(31)22-20-14-27-16-28-24(20)32-13-12-30(22)15-17-8-4-5-9-18(17)19-10-6-7-11-21(19)26/h4-11,14,16,22H,12-13,15H2,1-3H3,(H,29,31). The van der Waals surface area contributed by atoms with Gasteiger partial charge in [-0.2, -0.15) is 0 Å². The molecule has 6 nitrogen and oxygen atoms in total. The fourth-order valence-corrected chi connectivity index (χ4v) is 4.19. The van der Waals surface area contributed by atoms with Gasteiger partial charge in [0.1, 0.15) is 19.0 Å². The van der Waals surface area contributed by atoms with E-state index < -0.39 is 6.04 Å². The van der Waals surface area contributed by atoms with E-state index in [-0.39, 0.29) is 11.4 Å². The maximum absolute atomic E-state index is 13.5. The van der Waals surface area contributed by atoms with Crippen molar-refractivity contribution in [3.05, 3.63) is 77.2 Å². The van der Waals surface area contributed by atoms with E-state index in [1.807, 2.05) is 57.2 Å². The lowest BCUT2D eigenvalue weighted by atomic mass is 9.98. The number of benzene rings is 2. The van der Waals surface area contributed by atoms with Crippen LogP contribution in [0.1, 0.15) is 37.9 Å². The molecule has 1 aromatic heterocycles. The molecule has 1 amide bonds. The summed E-state index contributed by atoms with van der Waals surface area (Å²) >= 11 is 6.50. The second-order valence-electron chi connectivity index (χ2n) is 8.88. The number of nitrogens with one attached hydrogen (secondary N) is 1. The van der Waals surface area contributed by atoms with Crippen LogP contribution in [0.25, 0.3) is 11.1 Å². The van der Waals surface area contributed by atoms with E-state index >= 15 is 0 Å². The zero-order valence-electron chi connectivity index (χ0n) is 18.5. The predicted octanol–water partition coefficient (Wildman–Crippen LogP) is 4.65. The Labute approximate surface area is 193 Å². The number of ether oxygens (including phenoxy) is 1. The van der Waals surface area contributed by atoms with Crippen molar-refractivity contribution >= 4 is 17.5 Å². The molecule has 1 N–H and O–H groups in total. The van der Waals surface area contributed by atoms with Gasteiger partial charge in [-0.25, -0.2) is 9.97 Å². The molecule has 1 aliphatic rings. The van der Waals surface area contributed by atoms with E-state index in [1.165, 1.54) is 6.33 Å². The number of rotatable bonds is 4. The zero-order chi connectivity index (χ0) is 22.7. The number of halogens is 1. The third-order valence-corrected chi connectivity index (χ3v) is 5.61. The summed E-state index contributed by atoms with van der Waals surface area (Å²) in [5, 5.41) is 3.81. The number of nitrogens with zero attached hydrogens (tertiary/aromatic N) is 3. The van der Waals surface area contributed by atoms with Gasteiger partial charge in [0.25, 0.3) is 0 Å². The molecular weight excluding hydrogens is 424 g/mol. The molecule has 3 aromatic rings. The molecule has 1 unspecified atom stereocenters. The Morgan fingerprint density at radius 1 is 1.16 bits per heavy atom. The molecule has 7 heteroatoms. The van der Waals surface area contributed by atoms with Gasteiger partial charge in [-0.15, -0.1) is 0 Å². The fraction of sp³-hybridized carbons (Fsp3) is 0.320. The summed E-state index contributed by atoms with van der Waals surface area (Å²) in [5.41, 5.74) is 3.38. The highest BCUT2D eigenvalue weighted by Crippen LogP contribution is 2.35. The smallest absolute Gasteiger partial charge is 0.242 e. The first-order valence-electron chi connectivity index (χ1n) is 10.6. The van der Waals surface area contributed by atoms with Crippen LogP contribution in [0.2, 0.25) is 5.02 Å². The zero-order valence-corrected chi connectivity index (χ0v) is 19.3. The van der Waals surface area contributed by atoms with Crippen LogP contribution in [0, 0.1) is 0 Å². The van der Waals surface area contributed by atoms with Gasteiger partial charge in [0.2, 0.25) is 11.8 Å². The largest absolute Gasteiger partial charge is 0.476 e. The van der Waals surface area contributed by atoms with Crippen LogP contribution >= 0.6 is 11.6 Å². The average molecular weight is 451 g/mol. The van der Waals surface area contributed by atoms with Gasteiger partial charge in [0, 0.05) is 35.4 Å². The highest BCUT2D eigenvalue weighted by Gasteiger charge is 2.35. The van der Waals surface area contributed by atoms with E-state index in [1.54, 1.807) is 6.20 Å². The van der Waals surface area contributed by atoms with Gasteiger partial charge in [-0.3, -0.25) is 9.69 Å². The van der Waals surface area contributed by atoms with Crippen molar-refractivity contribution in [3.8, 4) is 17.0 Å². The molecule has 0 aliphatic carbocycles. The highest BCUT2D eigenvalue weighted by molar-refractivity contribution is 6.33. The first-order valence-corrected chi connectivity index (χ1v) is 11.0. The average Bonchev–Trinajstić information content (AvgIpc) is 2.92. The molecule has 4 rings (SSSR count). The maximum atomic E-state index is 13.5. The number of aromatic nitrogens is 2. The summed E-state index contributed by atoms with van der Waals surface area (Å²) in [4.78, 5) is 24.0. The molecule has 2 heterocycles. The molecule has 32 heavy (non-hydrogen) atoms. The lowest BCUT2D eigenvalue weighted by Crippen LogP contribution is -2.47. The Hall–Kier alpha value is -2.96. The molecule has 0 spiro atoms. The highest BCUT2D eigenvalue weighted by atomic mass is 35.5. The van der Waals surface area contributed by atoms with Gasteiger partial charge in [0.05, 0.1) is 5.56 Å². The minimum absolute atomic E-state index is 0.103. The quantitative estimate of drug-likeness (QED) is 0.626. The Bertz CT molecular complexity index is 1110. The summed E-state index contributed by atoms with van der Waals surface area (Å²) in [6, 6.07) is 15.4. The minimum Gasteiger partial charge on any atom is -0.476 e. The van der Waals surface area contributed by atoms with Crippen LogP contribution < -0.4 is 10.1 Å². The Kier molecular flexibility index (Phi) is 6.44. The summed E-state index contributed by atoms with van der Waals surface area (Å²) < 4.78 is 5.87. The van der Waals surface area contributed by atoms with Crippen molar-refractivity contribution in [2.45, 2.75) is 38.9 Å². The molecule has 0 saturated heterocycles. The molecule has 166 valence electrons. The van der Waals surface area contributed by atoms with Crippen molar-refractivity contribution in [1.82, 2.24) is 20.2 Å². The molecule has 1 aliphatic heterocycles. The number of fused-ring (bicyclic) bond motifs is 1. The number of carbonyl (C=O) groups is 1. The topological polar surface area (TPSA) is 67.3 Å². The van der Waals surface area contributed by atoms with E-state index in [4.69, 9.17) is 16.3 Å². The van der Waals surface area contributed by atoms with Crippen molar-refractivity contribution in [2.75, 3.05) is 13.2 Å². The molecule has 2 aromatic carbocycles. The minimum atomic E-state index is -0.577. The predicted molar refractivity (Wildman–Crippen MR) is 125 cm³/mol. The first kappa shape index (κ1) is 22.2. The molecule has 1 atom stereocenters. The third-order valence-electron chi connectivity index (χ3n) is 5.28. The van der Waals surface area contributed by atoms with Gasteiger partial charge < -0.3 is 10.1 Å². The van der Waals surface area contributed by atoms with Crippen LogP contribution in [-0.4, -0.2) is 39.5 Å². The molecular formula is C25H27ClN4O2. The van der Waals surface area contributed by atoms with Crippen LogP contribution in [0.15, 0.2) is 61.1 Å². The van der Waals surface area contributed by atoms with E-state index in [0.29, 0.717) is 36.2 Å². The maximum Gasteiger partial charge on any atom is 0.242 e. The van der Waals surface area contributed by atoms with Crippen molar-refractivity contribution < 1.29 is 9.53 Å². The van der Waals surface area contributed by atoms with Crippen LogP contribution in [0.5, 0.6) is 5.88 Å². The number of carbonyl (C=O) groups excluding carboxylic acids is 1. The van der Waals surface area contributed by atoms with Crippen LogP contribution in [-0.2, 0) is 11.3 Å². The summed E-state index contributed by atoms with van der Waals surface area (Å²) in [7, 11) is 0. The molecule has 0 radical (unpaired) electrons. The van der Waals surface area contributed by atoms with Crippen molar-refractivity contribution in [1.29, 1.82) is 0 Å². The summed E-state index contributed by atoms with van der Waals surface area (Å²) in [6.45, 7) is 7.45. The second-order valence-corrected chi connectivity index (χ2v) is 9.29. The Balaban J connectivity index is 1.74. The normalized spacial score (nSPS) is 16.6. The summed E-state index contributed by atoms with van der Waals surface area (Å²) in [5.74, 6) is 0.352. The Morgan fingerprint density at radius 3 is 2.62 bits per heavy atom. The fourth-order valence-electron chi connectivity index (χ4n) is 3.96. The lowest BCUT2D eigenvalue weighted by molar-refractivity contribution is -0.128. The molecule has 0 fully saturated rings. The lowest BCUT2D eigenvalue weighted by Gasteiger charge is -2.32. The van der Waals surface area contributed by atoms with Crippen LogP contribution in [0.3, 0.4) is 0 Å². The first-order chi connectivity index (χ1) is 15.3. The van der Waals surface area contributed by atoms with E-state index in [2.05, 4.69) is 32.3 Å². The number of amides is 1. The second kappa shape index (κ2) is 9.27. The molecule has 0 saturated carbocycles. The third kappa shape index (κ3) is 4.92. The van der Waals surface area contributed by atoms with Crippen molar-refractivity contribution in [3.63, 3.8) is 0 Å². The SMILES string of the molecule is CC(C)(C)NC(=O)C1c2cncnc2OCCN1Cc1ccccc1-c1ccccc1Cl. The van der Waals surface area contributed by atoms with Gasteiger partial charge in [0.15, 0.2) is 0 Å². The Morgan fingerprint density at radius 2 is 1.88 bits per heavy atom. The van der Waals surface area contributed by atoms with Gasteiger partial charge >= 0.3 is 0 Å². The van der Waals surface area contributed by atoms with E-state index in [9.17, 15) is 4.79 Å². The van der Waals surface area contributed by atoms with Gasteiger partial charge in [-0.1, -0.05) is 54.1 Å². The van der Waals surface area contributed by atoms with Crippen molar-refractivity contribution in [2.24, 2.45) is 0 Å².